The van der Waals surface area contributed by atoms with E-state index in [1.165, 1.54) is 6.92 Å². The molecule has 0 bridgehead atoms. The van der Waals surface area contributed by atoms with Crippen LogP contribution in [0.1, 0.15) is 33.1 Å². The highest BCUT2D eigenvalue weighted by Gasteiger charge is 2.22. The number of ketones is 1. The summed E-state index contributed by atoms with van der Waals surface area (Å²) < 4.78 is 3.43. The molecule has 8 nitrogen and oxygen atoms in total. The Labute approximate surface area is 172 Å². The van der Waals surface area contributed by atoms with Crippen LogP contribution in [0.5, 0.6) is 0 Å². The van der Waals surface area contributed by atoms with Crippen LogP contribution in [-0.2, 0) is 11.3 Å². The number of hydrogen-bond acceptors (Lipinski definition) is 7. The van der Waals surface area contributed by atoms with Crippen molar-refractivity contribution in [1.29, 1.82) is 10.7 Å². The van der Waals surface area contributed by atoms with E-state index >= 15 is 0 Å². The van der Waals surface area contributed by atoms with Crippen LogP contribution in [-0.4, -0.2) is 36.4 Å². The Balaban J connectivity index is 2.04. The minimum Gasteiger partial charge on any atom is -0.308 e. The maximum Gasteiger partial charge on any atom is 0.262 e. The van der Waals surface area contributed by atoms with Gasteiger partial charge in [-0.15, -0.1) is 10.2 Å². The number of fused-ring (bicyclic) bond motifs is 3. The van der Waals surface area contributed by atoms with Crippen molar-refractivity contribution in [1.82, 2.24) is 19.2 Å². The normalized spacial score (nSPS) is 12.2. The fraction of sp³-hybridized carbons (Fsp3) is 0.400. The van der Waals surface area contributed by atoms with E-state index < -0.39 is 5.92 Å². The number of para-hydroxylation sites is 1. The number of unbranched alkanes of at least 4 members (excludes halogenated alkanes) is 2. The topological polar surface area (TPSA) is 117 Å². The molecule has 2 aromatic heterocycles. The first kappa shape index (κ1) is 20.7. The molecule has 1 atom stereocenters. The SMILES string of the molecule is CCCCCn1c(=O)c2ccccc2n2c(SCC(=O)[C@H](C#N)C(C)=N)nnc12. The Morgan fingerprint density at radius 3 is 2.76 bits per heavy atom. The zero-order valence-corrected chi connectivity index (χ0v) is 17.2. The van der Waals surface area contributed by atoms with Gasteiger partial charge in [0.05, 0.1) is 22.7 Å². The van der Waals surface area contributed by atoms with Gasteiger partial charge in [-0.1, -0.05) is 43.7 Å². The average molecular weight is 411 g/mol. The first-order valence-corrected chi connectivity index (χ1v) is 10.4. The maximum atomic E-state index is 13.0. The molecule has 150 valence electrons. The van der Waals surface area contributed by atoms with Crippen LogP contribution in [0.25, 0.3) is 16.7 Å². The lowest BCUT2D eigenvalue weighted by molar-refractivity contribution is -0.117. The largest absolute Gasteiger partial charge is 0.308 e. The van der Waals surface area contributed by atoms with Crippen LogP contribution in [0.15, 0.2) is 34.2 Å². The van der Waals surface area contributed by atoms with Crippen molar-refractivity contribution < 1.29 is 4.79 Å². The summed E-state index contributed by atoms with van der Waals surface area (Å²) in [6.45, 7) is 4.10. The minimum absolute atomic E-state index is 0.00146. The summed E-state index contributed by atoms with van der Waals surface area (Å²) in [6.07, 6.45) is 2.91. The zero-order chi connectivity index (χ0) is 21.0. The number of carbonyl (C=O) groups excluding carboxylic acids is 1. The fourth-order valence-electron chi connectivity index (χ4n) is 3.18. The second-order valence-electron chi connectivity index (χ2n) is 6.80. The van der Waals surface area contributed by atoms with Crippen molar-refractivity contribution in [3.05, 3.63) is 34.6 Å². The molecular weight excluding hydrogens is 388 g/mol. The van der Waals surface area contributed by atoms with Gasteiger partial charge >= 0.3 is 0 Å². The Morgan fingerprint density at radius 1 is 1.31 bits per heavy atom. The number of nitriles is 1. The summed E-state index contributed by atoms with van der Waals surface area (Å²) in [6, 6.07) is 9.13. The van der Waals surface area contributed by atoms with Crippen molar-refractivity contribution in [3.8, 4) is 6.07 Å². The third-order valence-corrected chi connectivity index (χ3v) is 5.64. The van der Waals surface area contributed by atoms with Gasteiger partial charge in [0.15, 0.2) is 10.9 Å². The smallest absolute Gasteiger partial charge is 0.262 e. The lowest BCUT2D eigenvalue weighted by atomic mass is 10.0. The number of benzene rings is 1. The van der Waals surface area contributed by atoms with Gasteiger partial charge in [-0.2, -0.15) is 5.26 Å². The summed E-state index contributed by atoms with van der Waals surface area (Å²) in [5, 5.41) is 26.2. The first-order valence-electron chi connectivity index (χ1n) is 9.46. The Kier molecular flexibility index (Phi) is 6.44. The van der Waals surface area contributed by atoms with Gasteiger partial charge in [-0.05, 0) is 25.5 Å². The van der Waals surface area contributed by atoms with E-state index in [1.807, 2.05) is 24.3 Å². The average Bonchev–Trinajstić information content (AvgIpc) is 3.13. The summed E-state index contributed by atoms with van der Waals surface area (Å²) in [5.41, 5.74) is 0.604. The summed E-state index contributed by atoms with van der Waals surface area (Å²) in [5.74, 6) is -0.953. The first-order chi connectivity index (χ1) is 14.0. The number of Topliss-reactive ketones (excluding diaryl/α,β-unsaturated/α-hetero) is 1. The molecule has 0 aliphatic heterocycles. The third kappa shape index (κ3) is 4.07. The Hall–Kier alpha value is -2.99. The van der Waals surface area contributed by atoms with Crippen LogP contribution < -0.4 is 5.56 Å². The molecule has 3 aromatic rings. The second kappa shape index (κ2) is 9.01. The molecule has 0 radical (unpaired) electrons. The van der Waals surface area contributed by atoms with E-state index in [0.717, 1.165) is 31.0 Å². The molecule has 0 saturated heterocycles. The summed E-state index contributed by atoms with van der Waals surface area (Å²) >= 11 is 1.16. The standard InChI is InChI=1S/C20H22N6O2S/c1-3-4-7-10-25-18(28)14-8-5-6-9-16(14)26-19(25)23-24-20(26)29-12-17(27)15(11-21)13(2)22/h5-6,8-9,15,22H,3-4,7,10,12H2,1-2H3/t15-/m1/s1. The molecule has 9 heteroatoms. The predicted molar refractivity (Wildman–Crippen MR) is 113 cm³/mol. The quantitative estimate of drug-likeness (QED) is 0.329. The van der Waals surface area contributed by atoms with Gasteiger partial charge in [0.25, 0.3) is 5.56 Å². The lowest BCUT2D eigenvalue weighted by Crippen LogP contribution is -2.23. The van der Waals surface area contributed by atoms with E-state index in [-0.39, 0.29) is 22.8 Å². The van der Waals surface area contributed by atoms with Gasteiger partial charge < -0.3 is 5.41 Å². The van der Waals surface area contributed by atoms with Crippen molar-refractivity contribution in [3.63, 3.8) is 0 Å². The van der Waals surface area contributed by atoms with Crippen LogP contribution in [0, 0.1) is 22.7 Å². The van der Waals surface area contributed by atoms with Gasteiger partial charge in [0.1, 0.15) is 5.92 Å². The van der Waals surface area contributed by atoms with E-state index in [2.05, 4.69) is 17.1 Å². The Morgan fingerprint density at radius 2 is 2.07 bits per heavy atom. The van der Waals surface area contributed by atoms with Crippen molar-refractivity contribution in [2.75, 3.05) is 5.75 Å². The number of thioether (sulfide) groups is 1. The number of carbonyl (C=O) groups is 1. The minimum atomic E-state index is -1.05. The van der Waals surface area contributed by atoms with Crippen molar-refractivity contribution >= 4 is 39.9 Å². The number of hydrogen-bond donors (Lipinski definition) is 1. The molecule has 0 spiro atoms. The number of nitrogens with zero attached hydrogens (tertiary/aromatic N) is 5. The molecular formula is C20H22N6O2S. The molecule has 3 rings (SSSR count). The van der Waals surface area contributed by atoms with Gasteiger partial charge in [0.2, 0.25) is 5.78 Å². The highest BCUT2D eigenvalue weighted by Crippen LogP contribution is 2.22. The molecule has 0 amide bonds. The molecule has 1 aromatic carbocycles. The molecule has 0 saturated carbocycles. The van der Waals surface area contributed by atoms with Crippen LogP contribution in [0.4, 0.5) is 0 Å². The molecule has 0 fully saturated rings. The van der Waals surface area contributed by atoms with E-state index in [9.17, 15) is 9.59 Å². The predicted octanol–water partition coefficient (Wildman–Crippen LogP) is 3.08. The van der Waals surface area contributed by atoms with E-state index in [0.29, 0.717) is 28.4 Å². The van der Waals surface area contributed by atoms with Crippen molar-refractivity contribution in [2.24, 2.45) is 5.92 Å². The molecule has 0 unspecified atom stereocenters. The van der Waals surface area contributed by atoms with E-state index in [1.54, 1.807) is 15.0 Å². The molecule has 29 heavy (non-hydrogen) atoms. The molecule has 2 heterocycles. The van der Waals surface area contributed by atoms with Gasteiger partial charge in [-0.3, -0.25) is 18.6 Å². The fourth-order valence-corrected chi connectivity index (χ4v) is 4.02. The van der Waals surface area contributed by atoms with Crippen LogP contribution >= 0.6 is 11.8 Å². The van der Waals surface area contributed by atoms with Crippen molar-refractivity contribution in [2.45, 2.75) is 44.8 Å². The molecule has 1 N–H and O–H groups in total. The van der Waals surface area contributed by atoms with Crippen LogP contribution in [0.2, 0.25) is 0 Å². The zero-order valence-electron chi connectivity index (χ0n) is 16.4. The van der Waals surface area contributed by atoms with Gasteiger partial charge in [-0.25, -0.2) is 0 Å². The van der Waals surface area contributed by atoms with E-state index in [4.69, 9.17) is 10.7 Å². The number of nitrogens with one attached hydrogen (secondary N) is 1. The summed E-state index contributed by atoms with van der Waals surface area (Å²) in [4.78, 5) is 25.3. The second-order valence-corrected chi connectivity index (χ2v) is 7.74. The van der Waals surface area contributed by atoms with Crippen LogP contribution in [0.3, 0.4) is 0 Å². The highest BCUT2D eigenvalue weighted by molar-refractivity contribution is 7.99. The number of rotatable bonds is 9. The molecule has 0 aliphatic rings. The Bertz CT molecular complexity index is 1170. The lowest BCUT2D eigenvalue weighted by Gasteiger charge is -2.11. The highest BCUT2D eigenvalue weighted by atomic mass is 32.2. The van der Waals surface area contributed by atoms with Gasteiger partial charge in [0, 0.05) is 12.3 Å². The monoisotopic (exact) mass is 410 g/mol. The number of aryl methyl sites for hydroxylation is 1. The molecule has 0 aliphatic carbocycles. The summed E-state index contributed by atoms with van der Waals surface area (Å²) in [7, 11) is 0. The maximum absolute atomic E-state index is 13.0. The number of aromatic nitrogens is 4. The third-order valence-electron chi connectivity index (χ3n) is 4.69.